The molecule has 1 amide bonds. The van der Waals surface area contributed by atoms with E-state index in [0.29, 0.717) is 26.2 Å². The Hall–Kier alpha value is -3.41. The molecule has 1 aliphatic heterocycles. The van der Waals surface area contributed by atoms with Gasteiger partial charge in [0.25, 0.3) is 11.6 Å². The van der Waals surface area contributed by atoms with Crippen LogP contribution in [0.5, 0.6) is 0 Å². The minimum absolute atomic E-state index is 0.0511. The summed E-state index contributed by atoms with van der Waals surface area (Å²) in [5, 5.41) is 12.8. The molecule has 0 unspecified atom stereocenters. The van der Waals surface area contributed by atoms with Crippen LogP contribution < -0.4 is 4.90 Å². The van der Waals surface area contributed by atoms with E-state index in [4.69, 9.17) is 0 Å². The normalized spacial score (nSPS) is 14.4. The van der Waals surface area contributed by atoms with Crippen LogP contribution in [0.4, 0.5) is 11.4 Å². The average molecular weight is 361 g/mol. The van der Waals surface area contributed by atoms with Crippen molar-refractivity contribution in [1.29, 1.82) is 0 Å². The van der Waals surface area contributed by atoms with E-state index in [2.05, 4.69) is 4.90 Å². The monoisotopic (exact) mass is 361 g/mol. The molecule has 0 saturated carbocycles. The molecule has 27 heavy (non-hydrogen) atoms. The third-order valence-electron chi connectivity index (χ3n) is 5.01. The fourth-order valence-corrected chi connectivity index (χ4v) is 3.54. The van der Waals surface area contributed by atoms with E-state index in [0.717, 1.165) is 22.0 Å². The number of carbonyl (C=O) groups excluding carboxylic acids is 1. The highest BCUT2D eigenvalue weighted by Gasteiger charge is 2.23. The number of fused-ring (bicyclic) bond motifs is 1. The maximum absolute atomic E-state index is 13.0. The molecule has 3 aromatic rings. The van der Waals surface area contributed by atoms with E-state index in [9.17, 15) is 14.9 Å². The summed E-state index contributed by atoms with van der Waals surface area (Å²) in [6, 6.07) is 20.3. The Kier molecular flexibility index (Phi) is 4.46. The summed E-state index contributed by atoms with van der Waals surface area (Å²) in [6.45, 7) is 2.65. The first-order valence-corrected chi connectivity index (χ1v) is 8.90. The van der Waals surface area contributed by atoms with Crippen molar-refractivity contribution >= 4 is 28.1 Å². The van der Waals surface area contributed by atoms with E-state index >= 15 is 0 Å². The van der Waals surface area contributed by atoms with Crippen molar-refractivity contribution in [3.05, 3.63) is 82.4 Å². The molecule has 0 atom stereocenters. The smallest absolute Gasteiger partial charge is 0.269 e. The lowest BCUT2D eigenvalue weighted by molar-refractivity contribution is -0.384. The lowest BCUT2D eigenvalue weighted by Crippen LogP contribution is -2.48. The van der Waals surface area contributed by atoms with Gasteiger partial charge in [0.05, 0.1) is 4.92 Å². The molecule has 1 fully saturated rings. The van der Waals surface area contributed by atoms with Crippen LogP contribution >= 0.6 is 0 Å². The number of benzene rings is 3. The van der Waals surface area contributed by atoms with E-state index in [1.54, 1.807) is 12.1 Å². The van der Waals surface area contributed by atoms with Gasteiger partial charge in [-0.3, -0.25) is 14.9 Å². The van der Waals surface area contributed by atoms with Gasteiger partial charge < -0.3 is 9.80 Å². The molecule has 3 aromatic carbocycles. The fraction of sp³-hybridized carbons (Fsp3) is 0.190. The summed E-state index contributed by atoms with van der Waals surface area (Å²) in [7, 11) is 0. The first-order valence-electron chi connectivity index (χ1n) is 8.90. The highest BCUT2D eigenvalue weighted by Crippen LogP contribution is 2.23. The first-order chi connectivity index (χ1) is 13.1. The lowest BCUT2D eigenvalue weighted by Gasteiger charge is -2.36. The van der Waals surface area contributed by atoms with Crippen molar-refractivity contribution in [2.24, 2.45) is 0 Å². The molecule has 6 heteroatoms. The number of piperazine rings is 1. The van der Waals surface area contributed by atoms with Gasteiger partial charge >= 0.3 is 0 Å². The number of anilines is 1. The zero-order chi connectivity index (χ0) is 18.8. The second kappa shape index (κ2) is 7.07. The maximum Gasteiger partial charge on any atom is 0.269 e. The molecule has 0 radical (unpaired) electrons. The van der Waals surface area contributed by atoms with E-state index in [1.165, 1.54) is 12.1 Å². The highest BCUT2D eigenvalue weighted by atomic mass is 16.6. The molecule has 4 rings (SSSR count). The van der Waals surface area contributed by atoms with Crippen LogP contribution in [0.1, 0.15) is 10.4 Å². The summed E-state index contributed by atoms with van der Waals surface area (Å²) in [5.41, 5.74) is 1.76. The zero-order valence-corrected chi connectivity index (χ0v) is 14.7. The molecule has 1 heterocycles. The fourth-order valence-electron chi connectivity index (χ4n) is 3.54. The van der Waals surface area contributed by atoms with Gasteiger partial charge in [0, 0.05) is 49.6 Å². The van der Waals surface area contributed by atoms with Gasteiger partial charge in [-0.05, 0) is 29.0 Å². The number of rotatable bonds is 3. The summed E-state index contributed by atoms with van der Waals surface area (Å²) in [5.74, 6) is 0.0511. The Labute approximate surface area is 156 Å². The van der Waals surface area contributed by atoms with Crippen molar-refractivity contribution in [2.75, 3.05) is 31.1 Å². The van der Waals surface area contributed by atoms with Crippen molar-refractivity contribution < 1.29 is 9.72 Å². The summed E-state index contributed by atoms with van der Waals surface area (Å²) in [4.78, 5) is 27.4. The molecule has 0 N–H and O–H groups in total. The topological polar surface area (TPSA) is 66.7 Å². The molecular formula is C21H19N3O3. The van der Waals surface area contributed by atoms with Crippen molar-refractivity contribution in [3.63, 3.8) is 0 Å². The Balaban J connectivity index is 1.47. The van der Waals surface area contributed by atoms with Gasteiger partial charge in [-0.25, -0.2) is 0 Å². The first kappa shape index (κ1) is 17.0. The molecule has 0 aliphatic carbocycles. The van der Waals surface area contributed by atoms with Crippen LogP contribution in [0.3, 0.4) is 0 Å². The van der Waals surface area contributed by atoms with Crippen LogP contribution in [0, 0.1) is 10.1 Å². The number of nitro benzene ring substituents is 1. The Morgan fingerprint density at radius 1 is 0.852 bits per heavy atom. The van der Waals surface area contributed by atoms with Crippen molar-refractivity contribution in [3.8, 4) is 0 Å². The molecule has 136 valence electrons. The lowest BCUT2D eigenvalue weighted by atomic mass is 10.0. The minimum Gasteiger partial charge on any atom is -0.368 e. The minimum atomic E-state index is -0.398. The number of hydrogen-bond donors (Lipinski definition) is 0. The average Bonchev–Trinajstić information content (AvgIpc) is 2.73. The summed E-state index contributed by atoms with van der Waals surface area (Å²) < 4.78 is 0. The Morgan fingerprint density at radius 2 is 1.52 bits per heavy atom. The Morgan fingerprint density at radius 3 is 2.22 bits per heavy atom. The predicted molar refractivity (Wildman–Crippen MR) is 105 cm³/mol. The van der Waals surface area contributed by atoms with Crippen molar-refractivity contribution in [1.82, 2.24) is 4.90 Å². The number of nitro groups is 1. The quantitative estimate of drug-likeness (QED) is 0.527. The predicted octanol–water partition coefficient (Wildman–Crippen LogP) is 3.71. The molecule has 0 bridgehead atoms. The second-order valence-electron chi connectivity index (χ2n) is 6.58. The van der Waals surface area contributed by atoms with Gasteiger partial charge in [0.15, 0.2) is 0 Å². The zero-order valence-electron chi connectivity index (χ0n) is 14.7. The van der Waals surface area contributed by atoms with Crippen LogP contribution in [0.15, 0.2) is 66.7 Å². The van der Waals surface area contributed by atoms with Gasteiger partial charge in [-0.1, -0.05) is 36.4 Å². The third kappa shape index (κ3) is 3.33. The number of carbonyl (C=O) groups is 1. The number of non-ortho nitro benzene ring substituents is 1. The van der Waals surface area contributed by atoms with Crippen LogP contribution in [0.25, 0.3) is 10.8 Å². The van der Waals surface area contributed by atoms with Gasteiger partial charge in [0.2, 0.25) is 0 Å². The van der Waals surface area contributed by atoms with E-state index in [1.807, 2.05) is 47.4 Å². The largest absolute Gasteiger partial charge is 0.368 e. The molecule has 1 saturated heterocycles. The molecule has 6 nitrogen and oxygen atoms in total. The van der Waals surface area contributed by atoms with Gasteiger partial charge in [-0.15, -0.1) is 0 Å². The van der Waals surface area contributed by atoms with Crippen LogP contribution in [-0.4, -0.2) is 41.9 Å². The van der Waals surface area contributed by atoms with Gasteiger partial charge in [0.1, 0.15) is 0 Å². The van der Waals surface area contributed by atoms with Crippen LogP contribution in [0.2, 0.25) is 0 Å². The van der Waals surface area contributed by atoms with E-state index in [-0.39, 0.29) is 11.6 Å². The second-order valence-corrected chi connectivity index (χ2v) is 6.58. The Bertz CT molecular complexity index is 988. The summed E-state index contributed by atoms with van der Waals surface area (Å²) in [6.07, 6.45) is 0. The summed E-state index contributed by atoms with van der Waals surface area (Å²) >= 11 is 0. The third-order valence-corrected chi connectivity index (χ3v) is 5.01. The standard InChI is InChI=1S/C21H19N3O3/c25-21(20-7-3-5-16-4-1-2-6-19(16)20)23-14-12-22(13-15-23)17-8-10-18(11-9-17)24(26)27/h1-11H,12-15H2. The van der Waals surface area contributed by atoms with E-state index < -0.39 is 4.92 Å². The SMILES string of the molecule is O=C(c1cccc2ccccc12)N1CCN(c2ccc([N+](=O)[O-])cc2)CC1. The van der Waals surface area contributed by atoms with Crippen molar-refractivity contribution in [2.45, 2.75) is 0 Å². The highest BCUT2D eigenvalue weighted by molar-refractivity contribution is 6.07. The molecule has 1 aliphatic rings. The van der Waals surface area contributed by atoms with Gasteiger partial charge in [-0.2, -0.15) is 0 Å². The molecule has 0 spiro atoms. The molecule has 0 aromatic heterocycles. The maximum atomic E-state index is 13.0. The molecular weight excluding hydrogens is 342 g/mol. The number of amides is 1. The number of hydrogen-bond acceptors (Lipinski definition) is 4. The van der Waals surface area contributed by atoms with Crippen LogP contribution in [-0.2, 0) is 0 Å². The number of nitrogens with zero attached hydrogens (tertiary/aromatic N) is 3.